The van der Waals surface area contributed by atoms with Gasteiger partial charge in [-0.2, -0.15) is 23.1 Å². The van der Waals surface area contributed by atoms with Crippen molar-refractivity contribution in [2.45, 2.75) is 63.7 Å². The van der Waals surface area contributed by atoms with Crippen LogP contribution in [0.4, 0.5) is 27.8 Å². The maximum Gasteiger partial charge on any atom is 0.393 e. The van der Waals surface area contributed by atoms with Crippen molar-refractivity contribution in [1.29, 1.82) is 0 Å². The van der Waals surface area contributed by atoms with Gasteiger partial charge in [-0.1, -0.05) is 18.9 Å². The first-order valence-electron chi connectivity index (χ1n) is 17.2. The summed E-state index contributed by atoms with van der Waals surface area (Å²) >= 11 is 0. The Hall–Kier alpha value is -4.28. The summed E-state index contributed by atoms with van der Waals surface area (Å²) in [6, 6.07) is 5.65. The number of hydrogen-bond donors (Lipinski definition) is 2. The predicted octanol–water partition coefficient (Wildman–Crippen LogP) is 6.36. The molecule has 2 N–H and O–H groups in total. The Morgan fingerprint density at radius 3 is 2.64 bits per heavy atom. The van der Waals surface area contributed by atoms with Crippen LogP contribution in [0.3, 0.4) is 0 Å². The molecule has 0 amide bonds. The normalized spacial score (nSPS) is 23.1. The lowest BCUT2D eigenvalue weighted by molar-refractivity contribution is -0.170. The highest BCUT2D eigenvalue weighted by molar-refractivity contribution is 6.03. The largest absolute Gasteiger partial charge is 0.508 e. The van der Waals surface area contributed by atoms with Crippen molar-refractivity contribution in [3.8, 4) is 35.4 Å². The van der Waals surface area contributed by atoms with E-state index in [0.29, 0.717) is 61.3 Å². The van der Waals surface area contributed by atoms with E-state index in [-0.39, 0.29) is 76.6 Å². The maximum absolute atomic E-state index is 17.1. The van der Waals surface area contributed by atoms with Crippen molar-refractivity contribution in [3.63, 3.8) is 0 Å². The highest BCUT2D eigenvalue weighted by Gasteiger charge is 2.49. The number of piperazine rings is 1. The number of benzene rings is 2. The van der Waals surface area contributed by atoms with Gasteiger partial charge < -0.3 is 25.0 Å². The van der Waals surface area contributed by atoms with E-state index in [9.17, 15) is 22.7 Å². The zero-order valence-corrected chi connectivity index (χ0v) is 27.6. The van der Waals surface area contributed by atoms with Gasteiger partial charge in [0.2, 0.25) is 0 Å². The van der Waals surface area contributed by atoms with Crippen LogP contribution in [0.15, 0.2) is 24.3 Å². The van der Waals surface area contributed by atoms with Gasteiger partial charge in [0.25, 0.3) is 0 Å². The van der Waals surface area contributed by atoms with E-state index in [1.165, 1.54) is 24.3 Å². The highest BCUT2D eigenvalue weighted by Crippen LogP contribution is 2.48. The Labute approximate surface area is 286 Å². The number of alkyl halides is 3. The molecule has 13 heteroatoms. The number of anilines is 1. The van der Waals surface area contributed by atoms with Gasteiger partial charge in [0.15, 0.2) is 5.82 Å². The van der Waals surface area contributed by atoms with Crippen LogP contribution in [-0.2, 0) is 6.42 Å². The van der Waals surface area contributed by atoms with Gasteiger partial charge >= 0.3 is 12.2 Å². The van der Waals surface area contributed by atoms with E-state index in [1.54, 1.807) is 0 Å². The molecule has 3 fully saturated rings. The third-order valence-corrected chi connectivity index (χ3v) is 11.0. The van der Waals surface area contributed by atoms with Crippen LogP contribution < -0.4 is 15.0 Å². The van der Waals surface area contributed by atoms with Crippen LogP contribution in [0.1, 0.15) is 50.3 Å². The molecule has 3 aliphatic heterocycles. The van der Waals surface area contributed by atoms with Crippen molar-refractivity contribution in [2.24, 2.45) is 11.3 Å². The van der Waals surface area contributed by atoms with E-state index >= 15 is 4.39 Å². The Balaban J connectivity index is 1.22. The van der Waals surface area contributed by atoms with E-state index in [2.05, 4.69) is 28.0 Å². The number of phenols is 1. The number of hydrogen-bond acceptors (Lipinski definition) is 8. The third kappa shape index (κ3) is 5.76. The first-order valence-corrected chi connectivity index (χ1v) is 17.2. The number of fused-ring (bicyclic) bond motifs is 3. The molecular formula is C37H37F5N6O2. The van der Waals surface area contributed by atoms with Crippen LogP contribution in [0.2, 0.25) is 0 Å². The van der Waals surface area contributed by atoms with Gasteiger partial charge in [-0.3, -0.25) is 0 Å². The predicted molar refractivity (Wildman–Crippen MR) is 179 cm³/mol. The summed E-state index contributed by atoms with van der Waals surface area (Å²) in [5.41, 5.74) is 0.177. The molecule has 1 saturated carbocycles. The summed E-state index contributed by atoms with van der Waals surface area (Å²) in [6.45, 7) is 4.44. The molecule has 8 nitrogen and oxygen atoms in total. The summed E-state index contributed by atoms with van der Waals surface area (Å²) in [5.74, 6) is -0.0189. The second-order valence-electron chi connectivity index (χ2n) is 14.3. The molecule has 0 unspecified atom stereocenters. The molecule has 1 aliphatic carbocycles. The van der Waals surface area contributed by atoms with Gasteiger partial charge in [0, 0.05) is 54.6 Å². The lowest BCUT2D eigenvalue weighted by atomic mass is 9.95. The molecule has 262 valence electrons. The number of rotatable bonds is 7. The average molecular weight is 693 g/mol. The average Bonchev–Trinajstić information content (AvgIpc) is 3.73. The minimum Gasteiger partial charge on any atom is -0.508 e. The molecule has 2 saturated heterocycles. The molecular weight excluding hydrogens is 655 g/mol. The number of halogens is 5. The van der Waals surface area contributed by atoms with Crippen LogP contribution in [0, 0.1) is 35.3 Å². The summed E-state index contributed by atoms with van der Waals surface area (Å²) < 4.78 is 78.4. The second kappa shape index (κ2) is 12.2. The van der Waals surface area contributed by atoms with E-state index in [0.717, 1.165) is 19.3 Å². The summed E-state index contributed by atoms with van der Waals surface area (Å²) in [4.78, 5) is 18.4. The van der Waals surface area contributed by atoms with Crippen molar-refractivity contribution < 1.29 is 31.8 Å². The third-order valence-electron chi connectivity index (χ3n) is 11.0. The quantitative estimate of drug-likeness (QED) is 0.171. The van der Waals surface area contributed by atoms with Gasteiger partial charge in [0.05, 0.1) is 29.2 Å². The van der Waals surface area contributed by atoms with Gasteiger partial charge in [0.1, 0.15) is 28.6 Å². The topological polar surface area (TPSA) is 86.6 Å². The van der Waals surface area contributed by atoms with Gasteiger partial charge in [-0.05, 0) is 68.7 Å². The number of terminal acetylenes is 1. The Morgan fingerprint density at radius 1 is 1.10 bits per heavy atom. The first-order chi connectivity index (χ1) is 24.0. The molecule has 2 aromatic carbocycles. The second-order valence-corrected chi connectivity index (χ2v) is 14.3. The Morgan fingerprint density at radius 2 is 1.92 bits per heavy atom. The molecule has 8 rings (SSSR count). The SMILES string of the molecule is C#Cc1c(F)ccc2cc(O)cc(-c3nc4c5c(nc(OCC6(CN7CC[C@@H](C(F)(F)F)C7)CC6)nc5c3F)N3C[C@@H](CC)NC[C@H]3CC4)c12. The number of likely N-dealkylation sites (tertiary alicyclic amines) is 1. The molecule has 4 aromatic rings. The van der Waals surface area contributed by atoms with Gasteiger partial charge in [-0.15, -0.1) is 6.42 Å². The zero-order chi connectivity index (χ0) is 34.9. The fourth-order valence-corrected chi connectivity index (χ4v) is 8.01. The first kappa shape index (κ1) is 32.9. The van der Waals surface area contributed by atoms with Crippen LogP contribution in [-0.4, -0.2) is 82.5 Å². The smallest absolute Gasteiger partial charge is 0.393 e. The van der Waals surface area contributed by atoms with Crippen LogP contribution in [0.5, 0.6) is 11.8 Å². The van der Waals surface area contributed by atoms with Crippen molar-refractivity contribution in [1.82, 2.24) is 25.2 Å². The molecule has 50 heavy (non-hydrogen) atoms. The molecule has 0 radical (unpaired) electrons. The zero-order valence-electron chi connectivity index (χ0n) is 27.6. The molecule has 0 spiro atoms. The van der Waals surface area contributed by atoms with Crippen molar-refractivity contribution in [3.05, 3.63) is 47.2 Å². The minimum atomic E-state index is -4.21. The molecule has 0 bridgehead atoms. The number of phenolic OH excluding ortho intramolecular Hbond substituents is 1. The standard InChI is InChI=1S/C37H37F5N6O2/c1-3-22-17-48-23(15-43-22)6-8-28-30-33(31(39)32(44-28)26-14-24(49)13-20-5-7-27(38)25(4-2)29(20)26)45-35(46-34(30)48)50-19-36(10-11-36)18-47-12-9-21(16-47)37(40,41)42/h2,5,7,13-14,21-23,43,49H,3,6,8-12,15-19H2,1H3/t21-,22-,23-/m1/s1. The minimum absolute atomic E-state index is 0.00945. The van der Waals surface area contributed by atoms with E-state index in [1.807, 2.05) is 4.90 Å². The fourth-order valence-electron chi connectivity index (χ4n) is 8.01. The number of aromatic hydroxyl groups is 1. The number of ether oxygens (including phenoxy) is 1. The summed E-state index contributed by atoms with van der Waals surface area (Å²) in [5, 5.41) is 15.4. The lowest BCUT2D eigenvalue weighted by Gasteiger charge is -2.40. The molecule has 2 aromatic heterocycles. The fraction of sp³-hybridized carbons (Fsp3) is 0.486. The van der Waals surface area contributed by atoms with Crippen molar-refractivity contribution in [2.75, 3.05) is 44.2 Å². The molecule has 5 heterocycles. The van der Waals surface area contributed by atoms with Crippen LogP contribution >= 0.6 is 0 Å². The highest BCUT2D eigenvalue weighted by atomic mass is 19.4. The Kier molecular flexibility index (Phi) is 8.02. The van der Waals surface area contributed by atoms with E-state index in [4.69, 9.17) is 21.1 Å². The lowest BCUT2D eigenvalue weighted by Crippen LogP contribution is -2.56. The molecule has 4 aliphatic rings. The monoisotopic (exact) mass is 692 g/mol. The summed E-state index contributed by atoms with van der Waals surface area (Å²) in [6.07, 6.45) is 5.27. The Bertz CT molecular complexity index is 2040. The number of pyridine rings is 1. The molecule has 3 atom stereocenters. The number of nitrogens with one attached hydrogen (secondary N) is 1. The maximum atomic E-state index is 17.1. The van der Waals surface area contributed by atoms with Crippen LogP contribution in [0.25, 0.3) is 32.9 Å². The summed E-state index contributed by atoms with van der Waals surface area (Å²) in [7, 11) is 0. The number of nitrogens with zero attached hydrogens (tertiary/aromatic N) is 5. The van der Waals surface area contributed by atoms with Gasteiger partial charge in [-0.25, -0.2) is 13.8 Å². The van der Waals surface area contributed by atoms with Crippen molar-refractivity contribution >= 4 is 27.5 Å². The number of aromatic nitrogens is 3. The number of aryl methyl sites for hydroxylation is 1. The van der Waals surface area contributed by atoms with E-state index < -0.39 is 23.7 Å².